The fourth-order valence-electron chi connectivity index (χ4n) is 4.23. The molecule has 178 valence electrons. The minimum atomic E-state index is -0.0640. The minimum absolute atomic E-state index is 0.0225. The number of Topliss-reactive ketones (excluding diaryl/α,β-unsaturated/α-hetero) is 1. The number of nitrogens with zero attached hydrogens (tertiary/aromatic N) is 4. The summed E-state index contributed by atoms with van der Waals surface area (Å²) in [6, 6.07) is 16.6. The first kappa shape index (κ1) is 22.7. The molecule has 0 spiro atoms. The van der Waals surface area contributed by atoms with E-state index in [1.165, 1.54) is 0 Å². The van der Waals surface area contributed by atoms with E-state index in [0.29, 0.717) is 46.9 Å². The van der Waals surface area contributed by atoms with Crippen molar-refractivity contribution in [1.82, 2.24) is 20.2 Å². The fraction of sp³-hybridized carbons (Fsp3) is 0.259. The summed E-state index contributed by atoms with van der Waals surface area (Å²) in [4.78, 5) is 39.1. The second kappa shape index (κ2) is 9.68. The van der Waals surface area contributed by atoms with Crippen molar-refractivity contribution in [2.24, 2.45) is 0 Å². The summed E-state index contributed by atoms with van der Waals surface area (Å²) < 4.78 is 5.92. The summed E-state index contributed by atoms with van der Waals surface area (Å²) in [5.74, 6) is 0.286. The molecule has 1 amide bonds. The van der Waals surface area contributed by atoms with Crippen LogP contribution in [-0.4, -0.2) is 66.8 Å². The third kappa shape index (κ3) is 4.93. The molecule has 35 heavy (non-hydrogen) atoms. The average molecular weight is 470 g/mol. The number of hydrogen-bond donors (Lipinski definition) is 1. The molecule has 5 rings (SSSR count). The highest BCUT2D eigenvalue weighted by Gasteiger charge is 2.21. The zero-order chi connectivity index (χ0) is 24.4. The molecule has 2 aromatic heterocycles. The van der Waals surface area contributed by atoms with Crippen molar-refractivity contribution in [2.45, 2.75) is 6.42 Å². The first-order valence-electron chi connectivity index (χ1n) is 11.6. The highest BCUT2D eigenvalue weighted by molar-refractivity contribution is 6.00. The summed E-state index contributed by atoms with van der Waals surface area (Å²) >= 11 is 0. The Kier molecular flexibility index (Phi) is 6.29. The Labute approximate surface area is 203 Å². The quantitative estimate of drug-likeness (QED) is 0.433. The molecule has 0 radical (unpaired) electrons. The van der Waals surface area contributed by atoms with Crippen LogP contribution >= 0.6 is 0 Å². The van der Waals surface area contributed by atoms with Crippen LogP contribution in [0.3, 0.4) is 0 Å². The van der Waals surface area contributed by atoms with Crippen LogP contribution in [0.15, 0.2) is 65.2 Å². The number of carbonyl (C=O) groups excluding carboxylic acids is 2. The van der Waals surface area contributed by atoms with E-state index < -0.39 is 0 Å². The number of pyridine rings is 1. The van der Waals surface area contributed by atoms with E-state index >= 15 is 0 Å². The number of nitrogens with one attached hydrogen (secondary N) is 1. The number of anilines is 1. The summed E-state index contributed by atoms with van der Waals surface area (Å²) in [7, 11) is 3.88. The van der Waals surface area contributed by atoms with E-state index in [-0.39, 0.29) is 18.1 Å². The zero-order valence-corrected chi connectivity index (χ0v) is 19.8. The van der Waals surface area contributed by atoms with Gasteiger partial charge in [-0.1, -0.05) is 12.1 Å². The summed E-state index contributed by atoms with van der Waals surface area (Å²) in [6.45, 7) is 2.80. The maximum absolute atomic E-state index is 13.3. The molecule has 0 unspecified atom stereocenters. The molecule has 3 heterocycles. The number of benzene rings is 2. The molecule has 4 aromatic rings. The van der Waals surface area contributed by atoms with Crippen LogP contribution in [0.1, 0.15) is 26.3 Å². The van der Waals surface area contributed by atoms with Gasteiger partial charge in [0.2, 0.25) is 5.89 Å². The molecule has 0 saturated carbocycles. The molecular formula is C27H27N5O3. The predicted octanol–water partition coefficient (Wildman–Crippen LogP) is 3.43. The van der Waals surface area contributed by atoms with E-state index in [4.69, 9.17) is 4.42 Å². The lowest BCUT2D eigenvalue weighted by atomic mass is 9.98. The number of aromatic nitrogens is 2. The lowest BCUT2D eigenvalue weighted by Gasteiger charge is -2.27. The van der Waals surface area contributed by atoms with Crippen molar-refractivity contribution in [2.75, 3.05) is 45.2 Å². The van der Waals surface area contributed by atoms with Crippen LogP contribution in [0.25, 0.3) is 22.7 Å². The number of ketones is 1. The number of fused-ring (bicyclic) bond motifs is 1. The highest BCUT2D eigenvalue weighted by Crippen LogP contribution is 2.27. The maximum atomic E-state index is 13.3. The van der Waals surface area contributed by atoms with Gasteiger partial charge in [-0.05, 0) is 48.0 Å². The smallest absolute Gasteiger partial charge is 0.253 e. The van der Waals surface area contributed by atoms with Gasteiger partial charge in [-0.2, -0.15) is 4.98 Å². The lowest BCUT2D eigenvalue weighted by Crippen LogP contribution is -2.46. The summed E-state index contributed by atoms with van der Waals surface area (Å²) in [6.07, 6.45) is 1.82. The summed E-state index contributed by atoms with van der Waals surface area (Å²) in [5.41, 5.74) is 4.55. The van der Waals surface area contributed by atoms with E-state index in [1.807, 2.05) is 60.3 Å². The number of hydrogen-bond acceptors (Lipinski definition) is 7. The molecule has 1 N–H and O–H groups in total. The molecule has 8 heteroatoms. The third-order valence-electron chi connectivity index (χ3n) is 6.11. The Balaban J connectivity index is 1.51. The Morgan fingerprint density at radius 3 is 2.63 bits per heavy atom. The van der Waals surface area contributed by atoms with Gasteiger partial charge in [0.05, 0.1) is 0 Å². The first-order chi connectivity index (χ1) is 17.0. The van der Waals surface area contributed by atoms with Gasteiger partial charge in [0.1, 0.15) is 0 Å². The van der Waals surface area contributed by atoms with Crippen LogP contribution in [0.4, 0.5) is 5.69 Å². The topological polar surface area (TPSA) is 91.6 Å². The minimum Gasteiger partial charge on any atom is -0.434 e. The second-order valence-electron chi connectivity index (χ2n) is 8.85. The highest BCUT2D eigenvalue weighted by atomic mass is 16.3. The van der Waals surface area contributed by atoms with Crippen molar-refractivity contribution in [3.05, 3.63) is 77.5 Å². The van der Waals surface area contributed by atoms with E-state index in [2.05, 4.69) is 15.3 Å². The Morgan fingerprint density at radius 2 is 1.86 bits per heavy atom. The van der Waals surface area contributed by atoms with Crippen LogP contribution in [0.2, 0.25) is 0 Å². The number of rotatable bonds is 6. The maximum Gasteiger partial charge on any atom is 0.253 e. The van der Waals surface area contributed by atoms with Gasteiger partial charge >= 0.3 is 0 Å². The second-order valence-corrected chi connectivity index (χ2v) is 8.85. The van der Waals surface area contributed by atoms with Crippen LogP contribution in [0.5, 0.6) is 0 Å². The number of oxazole rings is 1. The molecule has 0 atom stereocenters. The molecule has 2 aromatic carbocycles. The van der Waals surface area contributed by atoms with Gasteiger partial charge in [0.15, 0.2) is 17.0 Å². The SMILES string of the molecule is CN(C)c1cccc(C(=O)Cc2cc(C(=O)N3CCNCC3)cc(-c3nc4ncccc4o3)c2)c1. The molecule has 1 fully saturated rings. The van der Waals surface area contributed by atoms with Crippen LogP contribution < -0.4 is 10.2 Å². The van der Waals surface area contributed by atoms with Crippen molar-refractivity contribution in [3.8, 4) is 11.5 Å². The van der Waals surface area contributed by atoms with E-state index in [0.717, 1.165) is 24.3 Å². The molecule has 8 nitrogen and oxygen atoms in total. The molecule has 1 saturated heterocycles. The predicted molar refractivity (Wildman–Crippen MR) is 135 cm³/mol. The number of piperazine rings is 1. The lowest BCUT2D eigenvalue weighted by molar-refractivity contribution is 0.0735. The van der Waals surface area contributed by atoms with Crippen molar-refractivity contribution >= 4 is 28.6 Å². The molecule has 0 aliphatic carbocycles. The fourth-order valence-corrected chi connectivity index (χ4v) is 4.23. The summed E-state index contributed by atoms with van der Waals surface area (Å²) in [5, 5.41) is 3.27. The van der Waals surface area contributed by atoms with Gasteiger partial charge < -0.3 is 19.5 Å². The Bertz CT molecular complexity index is 1360. The van der Waals surface area contributed by atoms with Crippen molar-refractivity contribution < 1.29 is 14.0 Å². The Hall–Kier alpha value is -4.04. The average Bonchev–Trinajstić information content (AvgIpc) is 3.33. The van der Waals surface area contributed by atoms with Crippen molar-refractivity contribution in [1.29, 1.82) is 0 Å². The standard InChI is InChI=1S/C27H27N5O3/c1-31(2)22-6-3-5-19(17-22)23(33)15-18-13-20(26-30-25-24(35-26)7-4-8-29-25)16-21(14-18)27(34)32-11-9-28-10-12-32/h3-8,13-14,16-17,28H,9-12,15H2,1-2H3. The van der Waals surface area contributed by atoms with Gasteiger partial charge in [-0.3, -0.25) is 9.59 Å². The van der Waals surface area contributed by atoms with E-state index in [9.17, 15) is 9.59 Å². The van der Waals surface area contributed by atoms with Gasteiger partial charge in [0, 0.05) is 75.3 Å². The monoisotopic (exact) mass is 469 g/mol. The first-order valence-corrected chi connectivity index (χ1v) is 11.6. The van der Waals surface area contributed by atoms with Gasteiger partial charge in [0.25, 0.3) is 5.91 Å². The normalized spacial score (nSPS) is 13.7. The van der Waals surface area contributed by atoms with E-state index in [1.54, 1.807) is 24.4 Å². The largest absolute Gasteiger partial charge is 0.434 e. The molecular weight excluding hydrogens is 442 g/mol. The molecule has 0 bridgehead atoms. The van der Waals surface area contributed by atoms with Gasteiger partial charge in [-0.15, -0.1) is 0 Å². The van der Waals surface area contributed by atoms with Crippen LogP contribution in [0, 0.1) is 0 Å². The van der Waals surface area contributed by atoms with Gasteiger partial charge in [-0.25, -0.2) is 4.98 Å². The molecule has 1 aliphatic heterocycles. The van der Waals surface area contributed by atoms with Crippen LogP contribution in [-0.2, 0) is 6.42 Å². The molecule has 1 aliphatic rings. The third-order valence-corrected chi connectivity index (χ3v) is 6.11. The number of amides is 1. The van der Waals surface area contributed by atoms with Crippen molar-refractivity contribution in [3.63, 3.8) is 0 Å². The number of carbonyl (C=O) groups is 2. The zero-order valence-electron chi connectivity index (χ0n) is 19.8. The Morgan fingerprint density at radius 1 is 1.03 bits per heavy atom.